The molecule has 4 rings (SSSR count). The maximum atomic E-state index is 12.7. The van der Waals surface area contributed by atoms with E-state index >= 15 is 0 Å². The van der Waals surface area contributed by atoms with Crippen LogP contribution in [0, 0.1) is 13.8 Å². The Balaban J connectivity index is 1.55. The molecule has 27 heavy (non-hydrogen) atoms. The molecule has 1 N–H and O–H groups in total. The average Bonchev–Trinajstić information content (AvgIpc) is 3.23. The van der Waals surface area contributed by atoms with Crippen LogP contribution in [0.5, 0.6) is 0 Å². The molecule has 0 fully saturated rings. The largest absolute Gasteiger partial charge is 0.461 e. The maximum Gasteiger partial charge on any atom is 0.251 e. The number of benzene rings is 1. The van der Waals surface area contributed by atoms with Crippen LogP contribution in [-0.2, 0) is 0 Å². The van der Waals surface area contributed by atoms with Crippen LogP contribution in [0.4, 0.5) is 0 Å². The van der Waals surface area contributed by atoms with Crippen LogP contribution in [0.2, 0.25) is 0 Å². The maximum absolute atomic E-state index is 12.7. The van der Waals surface area contributed by atoms with Gasteiger partial charge in [0.05, 0.1) is 12.2 Å². The number of carbonyl (C=O) groups excluding carboxylic acids is 1. The number of hydrogen-bond acceptors (Lipinski definition) is 4. The summed E-state index contributed by atoms with van der Waals surface area (Å²) in [6.07, 6.45) is 3.51. The first-order chi connectivity index (χ1) is 13.0. The van der Waals surface area contributed by atoms with Gasteiger partial charge >= 0.3 is 0 Å². The number of hydrogen-bond donors (Lipinski definition) is 1. The number of furan rings is 1. The molecular weight excluding hydrogens is 340 g/mol. The number of pyridine rings is 1. The van der Waals surface area contributed by atoms with Gasteiger partial charge in [-0.25, -0.2) is 9.67 Å². The van der Waals surface area contributed by atoms with Crippen LogP contribution in [0.15, 0.2) is 59.3 Å². The molecule has 3 aromatic heterocycles. The quantitative estimate of drug-likeness (QED) is 0.594. The highest BCUT2D eigenvalue weighted by molar-refractivity contribution is 5.98. The summed E-state index contributed by atoms with van der Waals surface area (Å²) in [4.78, 5) is 17.0. The molecule has 0 saturated carbocycles. The summed E-state index contributed by atoms with van der Waals surface area (Å²) < 4.78 is 7.34. The molecule has 4 aromatic rings. The standard InChI is InChI=1S/C21H20N4O2/c1-13-10-17-11-16(7-8-19(17)27-13)21(26)24-14(2)18-12-23-25(15(18)3)20-6-4-5-9-22-20/h4-12,14H,1-3H3,(H,24,26)/t14-/m1/s1. The minimum atomic E-state index is -0.184. The SMILES string of the molecule is Cc1cc2cc(C(=O)N[C@H](C)c3cnn(-c4ccccn4)c3C)ccc2o1. The summed E-state index contributed by atoms with van der Waals surface area (Å²) in [5.74, 6) is 1.45. The van der Waals surface area contributed by atoms with Crippen LogP contribution < -0.4 is 5.32 Å². The second-order valence-corrected chi connectivity index (χ2v) is 6.59. The molecule has 6 heteroatoms. The van der Waals surface area contributed by atoms with Crippen molar-refractivity contribution in [3.05, 3.63) is 77.4 Å². The molecule has 0 bridgehead atoms. The fourth-order valence-corrected chi connectivity index (χ4v) is 3.23. The van der Waals surface area contributed by atoms with E-state index in [1.54, 1.807) is 23.1 Å². The van der Waals surface area contributed by atoms with E-state index in [9.17, 15) is 4.79 Å². The van der Waals surface area contributed by atoms with Crippen molar-refractivity contribution < 1.29 is 9.21 Å². The lowest BCUT2D eigenvalue weighted by molar-refractivity contribution is 0.0940. The van der Waals surface area contributed by atoms with E-state index in [1.807, 2.05) is 57.2 Å². The Kier molecular flexibility index (Phi) is 4.24. The number of rotatable bonds is 4. The van der Waals surface area contributed by atoms with Crippen molar-refractivity contribution in [1.29, 1.82) is 0 Å². The fraction of sp³-hybridized carbons (Fsp3) is 0.190. The van der Waals surface area contributed by atoms with E-state index in [-0.39, 0.29) is 11.9 Å². The van der Waals surface area contributed by atoms with Crippen LogP contribution in [0.25, 0.3) is 16.8 Å². The Morgan fingerprint density at radius 3 is 2.81 bits per heavy atom. The predicted octanol–water partition coefficient (Wildman–Crippen LogP) is 4.12. The zero-order valence-electron chi connectivity index (χ0n) is 15.4. The Morgan fingerprint density at radius 2 is 2.04 bits per heavy atom. The summed E-state index contributed by atoms with van der Waals surface area (Å²) in [6.45, 7) is 5.81. The summed E-state index contributed by atoms with van der Waals surface area (Å²) in [7, 11) is 0. The molecule has 136 valence electrons. The van der Waals surface area contributed by atoms with E-state index in [2.05, 4.69) is 15.4 Å². The Labute approximate surface area is 156 Å². The molecule has 0 aliphatic rings. The summed E-state index contributed by atoms with van der Waals surface area (Å²) in [6, 6.07) is 12.9. The molecule has 0 aliphatic carbocycles. The number of nitrogens with zero attached hydrogens (tertiary/aromatic N) is 3. The van der Waals surface area contributed by atoms with Gasteiger partial charge in [-0.1, -0.05) is 6.07 Å². The van der Waals surface area contributed by atoms with E-state index in [1.165, 1.54) is 0 Å². The van der Waals surface area contributed by atoms with E-state index in [0.717, 1.165) is 33.8 Å². The summed E-state index contributed by atoms with van der Waals surface area (Å²) in [5.41, 5.74) is 3.28. The van der Waals surface area contributed by atoms with Gasteiger partial charge in [-0.05, 0) is 57.2 Å². The van der Waals surface area contributed by atoms with Gasteiger partial charge in [-0.2, -0.15) is 5.10 Å². The van der Waals surface area contributed by atoms with Crippen molar-refractivity contribution in [1.82, 2.24) is 20.1 Å². The van der Waals surface area contributed by atoms with E-state index in [4.69, 9.17) is 4.42 Å². The van der Waals surface area contributed by atoms with Gasteiger partial charge in [0.15, 0.2) is 5.82 Å². The third-order valence-corrected chi connectivity index (χ3v) is 4.63. The number of amides is 1. The number of fused-ring (bicyclic) bond motifs is 1. The fourth-order valence-electron chi connectivity index (χ4n) is 3.23. The van der Waals surface area contributed by atoms with Crippen molar-refractivity contribution in [3.63, 3.8) is 0 Å². The predicted molar refractivity (Wildman–Crippen MR) is 103 cm³/mol. The second-order valence-electron chi connectivity index (χ2n) is 6.59. The molecule has 1 aromatic carbocycles. The molecule has 0 aliphatic heterocycles. The third kappa shape index (κ3) is 3.21. The first kappa shape index (κ1) is 17.0. The first-order valence-electron chi connectivity index (χ1n) is 8.80. The number of aryl methyl sites for hydroxylation is 1. The lowest BCUT2D eigenvalue weighted by Gasteiger charge is -2.14. The molecule has 1 amide bonds. The Hall–Kier alpha value is -3.41. The normalized spacial score (nSPS) is 12.3. The van der Waals surface area contributed by atoms with Gasteiger partial charge < -0.3 is 9.73 Å². The molecule has 1 atom stereocenters. The van der Waals surface area contributed by atoms with E-state index < -0.39 is 0 Å². The zero-order valence-corrected chi connectivity index (χ0v) is 15.4. The van der Waals surface area contributed by atoms with Crippen molar-refractivity contribution in [3.8, 4) is 5.82 Å². The monoisotopic (exact) mass is 360 g/mol. The van der Waals surface area contributed by atoms with Gasteiger partial charge in [0.2, 0.25) is 0 Å². The average molecular weight is 360 g/mol. The van der Waals surface area contributed by atoms with Crippen LogP contribution in [0.1, 0.15) is 40.3 Å². The summed E-state index contributed by atoms with van der Waals surface area (Å²) >= 11 is 0. The molecule has 0 saturated heterocycles. The Bertz CT molecular complexity index is 1110. The van der Waals surface area contributed by atoms with Crippen LogP contribution in [0.3, 0.4) is 0 Å². The van der Waals surface area contributed by atoms with Crippen molar-refractivity contribution in [2.24, 2.45) is 0 Å². The highest BCUT2D eigenvalue weighted by Gasteiger charge is 2.18. The number of carbonyl (C=O) groups is 1. The van der Waals surface area contributed by atoms with Gasteiger partial charge in [0.1, 0.15) is 11.3 Å². The van der Waals surface area contributed by atoms with Crippen LogP contribution in [-0.4, -0.2) is 20.7 Å². The number of aromatic nitrogens is 3. The molecule has 0 radical (unpaired) electrons. The second kappa shape index (κ2) is 6.72. The highest BCUT2D eigenvalue weighted by Crippen LogP contribution is 2.22. The van der Waals surface area contributed by atoms with Gasteiger partial charge in [-0.15, -0.1) is 0 Å². The van der Waals surface area contributed by atoms with Gasteiger partial charge in [0, 0.05) is 28.4 Å². The molecule has 0 spiro atoms. The first-order valence-corrected chi connectivity index (χ1v) is 8.80. The van der Waals surface area contributed by atoms with E-state index in [0.29, 0.717) is 5.56 Å². The Morgan fingerprint density at radius 1 is 1.19 bits per heavy atom. The molecule has 6 nitrogen and oxygen atoms in total. The van der Waals surface area contributed by atoms with Crippen molar-refractivity contribution in [2.45, 2.75) is 26.8 Å². The van der Waals surface area contributed by atoms with Gasteiger partial charge in [0.25, 0.3) is 5.91 Å². The van der Waals surface area contributed by atoms with Crippen molar-refractivity contribution in [2.75, 3.05) is 0 Å². The molecule has 3 heterocycles. The number of nitrogens with one attached hydrogen (secondary N) is 1. The molecule has 0 unspecified atom stereocenters. The minimum Gasteiger partial charge on any atom is -0.461 e. The smallest absolute Gasteiger partial charge is 0.251 e. The van der Waals surface area contributed by atoms with Crippen molar-refractivity contribution >= 4 is 16.9 Å². The minimum absolute atomic E-state index is 0.131. The topological polar surface area (TPSA) is 73.0 Å². The molecular formula is C21H20N4O2. The third-order valence-electron chi connectivity index (χ3n) is 4.63. The zero-order chi connectivity index (χ0) is 19.0. The highest BCUT2D eigenvalue weighted by atomic mass is 16.3. The van der Waals surface area contributed by atoms with Crippen LogP contribution >= 0.6 is 0 Å². The lowest BCUT2D eigenvalue weighted by atomic mass is 10.1. The lowest BCUT2D eigenvalue weighted by Crippen LogP contribution is -2.26. The van der Waals surface area contributed by atoms with Gasteiger partial charge in [-0.3, -0.25) is 4.79 Å². The summed E-state index contributed by atoms with van der Waals surface area (Å²) in [5, 5.41) is 8.39.